The van der Waals surface area contributed by atoms with Crippen LogP contribution in [0.1, 0.15) is 31.7 Å². The number of pyridine rings is 1. The summed E-state index contributed by atoms with van der Waals surface area (Å²) in [6.07, 6.45) is 6.72. The number of nitrogens with one attached hydrogen (secondary N) is 2. The molecule has 5 rings (SSSR count). The Morgan fingerprint density at radius 1 is 1.05 bits per heavy atom. The normalized spacial score (nSPS) is 14.1. The summed E-state index contributed by atoms with van der Waals surface area (Å²) in [5.41, 5.74) is 4.76. The molecule has 0 aliphatic carbocycles. The Morgan fingerprint density at radius 2 is 1.86 bits per heavy atom. The average molecular weight is 602 g/mol. The van der Waals surface area contributed by atoms with Gasteiger partial charge in [-0.05, 0) is 80.3 Å². The standard InChI is InChI=1S/C33H36FN5O3S/c1-23-12-16-39(17-13-23)15-6-18-41-32-21-28-26(20-31(32)40-2)29(11-14-35-28)42-30-10-9-25(19-27(30)34)37-33(43)38-36-22-24-7-4-3-5-8-24/h3-5,7-11,14,19-23H,6,12-13,15-18H2,1-2H3,(H2,37,38,43)/b36-22+. The Bertz CT molecular complexity index is 1560. The van der Waals surface area contributed by atoms with Gasteiger partial charge in [-0.25, -0.2) is 4.39 Å². The lowest BCUT2D eigenvalue weighted by atomic mass is 9.99. The summed E-state index contributed by atoms with van der Waals surface area (Å²) in [7, 11) is 1.59. The molecule has 3 aromatic carbocycles. The summed E-state index contributed by atoms with van der Waals surface area (Å²) < 4.78 is 32.8. The summed E-state index contributed by atoms with van der Waals surface area (Å²) in [6, 6.07) is 19.5. The van der Waals surface area contributed by atoms with E-state index in [0.717, 1.165) is 37.5 Å². The van der Waals surface area contributed by atoms with Crippen LogP contribution in [0.15, 0.2) is 78.0 Å². The zero-order chi connectivity index (χ0) is 30.0. The van der Waals surface area contributed by atoms with E-state index < -0.39 is 5.82 Å². The van der Waals surface area contributed by atoms with E-state index in [2.05, 4.69) is 32.7 Å². The molecular weight excluding hydrogens is 565 g/mol. The lowest BCUT2D eigenvalue weighted by molar-refractivity contribution is 0.176. The molecule has 1 fully saturated rings. The van der Waals surface area contributed by atoms with Crippen LogP contribution >= 0.6 is 12.2 Å². The first-order valence-electron chi connectivity index (χ1n) is 14.4. The van der Waals surface area contributed by atoms with Gasteiger partial charge in [0, 0.05) is 35.9 Å². The Hall–Kier alpha value is -4.28. The Balaban J connectivity index is 1.20. The van der Waals surface area contributed by atoms with Gasteiger partial charge in [0.15, 0.2) is 28.2 Å². The lowest BCUT2D eigenvalue weighted by Crippen LogP contribution is -2.34. The first-order chi connectivity index (χ1) is 21.0. The van der Waals surface area contributed by atoms with Gasteiger partial charge in [0.05, 0.1) is 25.4 Å². The number of likely N-dealkylation sites (tertiary alicyclic amines) is 1. The molecule has 4 aromatic rings. The number of ether oxygens (including phenoxy) is 3. The molecule has 224 valence electrons. The van der Waals surface area contributed by atoms with Gasteiger partial charge < -0.3 is 24.4 Å². The van der Waals surface area contributed by atoms with Crippen molar-refractivity contribution in [1.82, 2.24) is 15.3 Å². The molecule has 1 saturated heterocycles. The highest BCUT2D eigenvalue weighted by molar-refractivity contribution is 7.80. The predicted molar refractivity (Wildman–Crippen MR) is 173 cm³/mol. The van der Waals surface area contributed by atoms with Crippen molar-refractivity contribution >= 4 is 40.1 Å². The molecule has 0 radical (unpaired) electrons. The van der Waals surface area contributed by atoms with E-state index in [1.54, 1.807) is 31.7 Å². The van der Waals surface area contributed by atoms with E-state index in [-0.39, 0.29) is 10.9 Å². The monoisotopic (exact) mass is 601 g/mol. The number of piperidine rings is 1. The van der Waals surface area contributed by atoms with Crippen LogP contribution in [0.25, 0.3) is 10.9 Å². The van der Waals surface area contributed by atoms with Crippen LogP contribution in [0.4, 0.5) is 10.1 Å². The minimum atomic E-state index is -0.555. The first-order valence-corrected chi connectivity index (χ1v) is 14.8. The van der Waals surface area contributed by atoms with Crippen molar-refractivity contribution in [3.63, 3.8) is 0 Å². The molecule has 10 heteroatoms. The SMILES string of the molecule is COc1cc2c(Oc3ccc(NC(=S)N/N=C/c4ccccc4)cc3F)ccnc2cc1OCCCN1CCC(C)CC1. The summed E-state index contributed by atoms with van der Waals surface area (Å²) in [4.78, 5) is 6.98. The van der Waals surface area contributed by atoms with Gasteiger partial charge in [-0.15, -0.1) is 0 Å². The highest BCUT2D eigenvalue weighted by atomic mass is 32.1. The van der Waals surface area contributed by atoms with Crippen LogP contribution in [0.2, 0.25) is 0 Å². The van der Waals surface area contributed by atoms with E-state index in [9.17, 15) is 0 Å². The highest BCUT2D eigenvalue weighted by Crippen LogP contribution is 2.38. The number of hydrazone groups is 1. The number of thiocarbonyl (C=S) groups is 1. The van der Waals surface area contributed by atoms with Crippen molar-refractivity contribution in [1.29, 1.82) is 0 Å². The molecule has 0 bridgehead atoms. The van der Waals surface area contributed by atoms with Gasteiger partial charge in [-0.3, -0.25) is 10.4 Å². The molecule has 0 saturated carbocycles. The summed E-state index contributed by atoms with van der Waals surface area (Å²) in [6.45, 7) is 6.23. The third-order valence-corrected chi connectivity index (χ3v) is 7.52. The van der Waals surface area contributed by atoms with E-state index >= 15 is 4.39 Å². The average Bonchev–Trinajstić information content (AvgIpc) is 3.01. The van der Waals surface area contributed by atoms with Gasteiger partial charge in [0.2, 0.25) is 0 Å². The number of hydrogen-bond donors (Lipinski definition) is 2. The van der Waals surface area contributed by atoms with Crippen LogP contribution in [0.3, 0.4) is 0 Å². The molecular formula is C33H36FN5O3S. The van der Waals surface area contributed by atoms with Gasteiger partial charge >= 0.3 is 0 Å². The lowest BCUT2D eigenvalue weighted by Gasteiger charge is -2.30. The predicted octanol–water partition coefficient (Wildman–Crippen LogP) is 7.00. The number of aromatic nitrogens is 1. The Labute approximate surface area is 256 Å². The molecule has 0 unspecified atom stereocenters. The fraction of sp³-hybridized carbons (Fsp3) is 0.303. The van der Waals surface area contributed by atoms with E-state index in [4.69, 9.17) is 26.4 Å². The van der Waals surface area contributed by atoms with Gasteiger partial charge in [-0.2, -0.15) is 5.10 Å². The molecule has 1 aliphatic rings. The van der Waals surface area contributed by atoms with Crippen LogP contribution in [-0.4, -0.2) is 54.6 Å². The maximum Gasteiger partial charge on any atom is 0.191 e. The maximum atomic E-state index is 15.1. The van der Waals surface area contributed by atoms with Crippen LogP contribution < -0.4 is 25.0 Å². The molecule has 0 atom stereocenters. The second kappa shape index (κ2) is 14.8. The summed E-state index contributed by atoms with van der Waals surface area (Å²) in [5, 5.41) is 7.93. The molecule has 8 nitrogen and oxygen atoms in total. The zero-order valence-corrected chi connectivity index (χ0v) is 25.2. The number of hydrogen-bond acceptors (Lipinski definition) is 7. The zero-order valence-electron chi connectivity index (χ0n) is 24.4. The molecule has 1 aliphatic heterocycles. The van der Waals surface area contributed by atoms with Crippen molar-refractivity contribution in [2.75, 3.05) is 38.7 Å². The Morgan fingerprint density at radius 3 is 2.63 bits per heavy atom. The van der Waals surface area contributed by atoms with Crippen LogP contribution in [-0.2, 0) is 0 Å². The van der Waals surface area contributed by atoms with Crippen LogP contribution in [0.5, 0.6) is 23.0 Å². The first kappa shape index (κ1) is 30.2. The highest BCUT2D eigenvalue weighted by Gasteiger charge is 2.16. The fourth-order valence-corrected chi connectivity index (χ4v) is 5.06. The number of halogens is 1. The van der Waals surface area contributed by atoms with Crippen molar-refractivity contribution in [2.45, 2.75) is 26.2 Å². The number of benzene rings is 3. The number of methoxy groups -OCH3 is 1. The van der Waals surface area contributed by atoms with E-state index in [1.165, 1.54) is 25.0 Å². The Kier molecular flexibility index (Phi) is 10.4. The second-order valence-electron chi connectivity index (χ2n) is 10.5. The van der Waals surface area contributed by atoms with E-state index in [1.807, 2.05) is 42.5 Å². The number of nitrogens with zero attached hydrogens (tertiary/aromatic N) is 3. The molecule has 0 amide bonds. The van der Waals surface area contributed by atoms with Gasteiger partial charge in [0.25, 0.3) is 0 Å². The van der Waals surface area contributed by atoms with Crippen molar-refractivity contribution in [2.24, 2.45) is 11.0 Å². The smallest absolute Gasteiger partial charge is 0.191 e. The third kappa shape index (κ3) is 8.39. The molecule has 2 N–H and O–H groups in total. The molecule has 1 aromatic heterocycles. The van der Waals surface area contributed by atoms with Crippen molar-refractivity contribution < 1.29 is 18.6 Å². The number of anilines is 1. The molecule has 2 heterocycles. The third-order valence-electron chi connectivity index (χ3n) is 7.33. The summed E-state index contributed by atoms with van der Waals surface area (Å²) >= 11 is 5.27. The van der Waals surface area contributed by atoms with Crippen molar-refractivity contribution in [3.05, 3.63) is 84.3 Å². The van der Waals surface area contributed by atoms with E-state index in [0.29, 0.717) is 40.4 Å². The number of rotatable bonds is 11. The van der Waals surface area contributed by atoms with Gasteiger partial charge in [0.1, 0.15) is 5.75 Å². The summed E-state index contributed by atoms with van der Waals surface area (Å²) in [5.74, 6) is 1.95. The minimum Gasteiger partial charge on any atom is -0.493 e. The molecule has 0 spiro atoms. The minimum absolute atomic E-state index is 0.0606. The number of fused-ring (bicyclic) bond motifs is 1. The molecule has 43 heavy (non-hydrogen) atoms. The fourth-order valence-electron chi connectivity index (χ4n) is 4.89. The topological polar surface area (TPSA) is 80.2 Å². The van der Waals surface area contributed by atoms with Crippen LogP contribution in [0, 0.1) is 11.7 Å². The maximum absolute atomic E-state index is 15.1. The van der Waals surface area contributed by atoms with Gasteiger partial charge in [-0.1, -0.05) is 37.3 Å². The largest absolute Gasteiger partial charge is 0.493 e. The second-order valence-corrected chi connectivity index (χ2v) is 10.9. The van der Waals surface area contributed by atoms with Crippen molar-refractivity contribution in [3.8, 4) is 23.0 Å². The quantitative estimate of drug-likeness (QED) is 0.0824.